The third-order valence-corrected chi connectivity index (χ3v) is 3.93. The molecule has 0 saturated heterocycles. The molecule has 0 aliphatic heterocycles. The van der Waals surface area contributed by atoms with Gasteiger partial charge in [0.1, 0.15) is 5.82 Å². The molecule has 0 aliphatic carbocycles. The molecule has 0 aliphatic rings. The molecule has 0 atom stereocenters. The quantitative estimate of drug-likeness (QED) is 0.630. The second-order valence-electron chi connectivity index (χ2n) is 5.54. The van der Waals surface area contributed by atoms with Crippen LogP contribution in [0.2, 0.25) is 0 Å². The number of hydrogen-bond donors (Lipinski definition) is 0. The van der Waals surface area contributed by atoms with Crippen LogP contribution >= 0.6 is 0 Å². The van der Waals surface area contributed by atoms with Gasteiger partial charge < -0.3 is 4.57 Å². The summed E-state index contributed by atoms with van der Waals surface area (Å²) in [6.45, 7) is 2.33. The van der Waals surface area contributed by atoms with E-state index in [1.807, 2.05) is 24.4 Å². The molecule has 0 radical (unpaired) electrons. The maximum Gasteiger partial charge on any atom is 0.161 e. The van der Waals surface area contributed by atoms with E-state index in [2.05, 4.69) is 16.7 Å². The van der Waals surface area contributed by atoms with Crippen molar-refractivity contribution >= 4 is 16.7 Å². The zero-order chi connectivity index (χ0) is 15.5. The zero-order valence-corrected chi connectivity index (χ0v) is 12.6. The Hall–Kier alpha value is -2.42. The highest BCUT2D eigenvalue weighted by Crippen LogP contribution is 2.23. The van der Waals surface area contributed by atoms with Gasteiger partial charge in [0.25, 0.3) is 0 Å². The van der Waals surface area contributed by atoms with Crippen molar-refractivity contribution in [2.75, 3.05) is 0 Å². The first-order valence-corrected chi connectivity index (χ1v) is 7.48. The Labute approximate surface area is 129 Å². The number of aromatic nitrogens is 1. The lowest BCUT2D eigenvalue weighted by Crippen LogP contribution is -1.98. The van der Waals surface area contributed by atoms with Crippen LogP contribution in [0, 0.1) is 5.82 Å². The Kier molecular flexibility index (Phi) is 4.05. The summed E-state index contributed by atoms with van der Waals surface area (Å²) in [6, 6.07) is 15.0. The number of halogens is 1. The van der Waals surface area contributed by atoms with E-state index in [1.165, 1.54) is 24.6 Å². The Balaban J connectivity index is 1.83. The minimum Gasteiger partial charge on any atom is -0.347 e. The number of hydrogen-bond acceptors (Lipinski definition) is 1. The second-order valence-corrected chi connectivity index (χ2v) is 5.54. The number of rotatable bonds is 5. The number of carbonyl (C=O) groups excluding carboxylic acids is 1. The van der Waals surface area contributed by atoms with E-state index in [0.717, 1.165) is 24.9 Å². The largest absolute Gasteiger partial charge is 0.347 e. The van der Waals surface area contributed by atoms with Gasteiger partial charge in [0.05, 0.1) is 0 Å². The van der Waals surface area contributed by atoms with Gasteiger partial charge in [-0.3, -0.25) is 4.79 Å². The number of aryl methyl sites for hydroxylation is 2. The van der Waals surface area contributed by atoms with E-state index in [9.17, 15) is 9.18 Å². The van der Waals surface area contributed by atoms with Gasteiger partial charge in [-0.1, -0.05) is 30.3 Å². The van der Waals surface area contributed by atoms with Crippen molar-refractivity contribution < 1.29 is 9.18 Å². The molecule has 2 aromatic carbocycles. The first kappa shape index (κ1) is 14.5. The summed E-state index contributed by atoms with van der Waals surface area (Å²) in [7, 11) is 0. The molecule has 0 spiro atoms. The lowest BCUT2D eigenvalue weighted by molar-refractivity contribution is 0.101. The smallest absolute Gasteiger partial charge is 0.161 e. The van der Waals surface area contributed by atoms with E-state index in [0.29, 0.717) is 10.9 Å². The zero-order valence-electron chi connectivity index (χ0n) is 12.6. The number of carbonyl (C=O) groups is 1. The van der Waals surface area contributed by atoms with E-state index in [-0.39, 0.29) is 11.6 Å². The van der Waals surface area contributed by atoms with E-state index < -0.39 is 0 Å². The average molecular weight is 295 g/mol. The molecule has 3 rings (SSSR count). The summed E-state index contributed by atoms with van der Waals surface area (Å²) < 4.78 is 15.5. The fourth-order valence-corrected chi connectivity index (χ4v) is 2.83. The van der Waals surface area contributed by atoms with Gasteiger partial charge in [-0.15, -0.1) is 0 Å². The first-order chi connectivity index (χ1) is 10.6. The van der Waals surface area contributed by atoms with Gasteiger partial charge in [-0.05, 0) is 43.5 Å². The van der Waals surface area contributed by atoms with Crippen LogP contribution < -0.4 is 0 Å². The van der Waals surface area contributed by atoms with Crippen LogP contribution in [-0.2, 0) is 13.0 Å². The van der Waals surface area contributed by atoms with Crippen molar-refractivity contribution in [3.8, 4) is 0 Å². The summed E-state index contributed by atoms with van der Waals surface area (Å²) >= 11 is 0. The number of nitrogens with zero attached hydrogens (tertiary/aromatic N) is 1. The molecule has 3 aromatic rings. The van der Waals surface area contributed by atoms with Crippen molar-refractivity contribution in [2.24, 2.45) is 0 Å². The normalized spacial score (nSPS) is 11.0. The molecular weight excluding hydrogens is 277 g/mol. The Morgan fingerprint density at radius 3 is 2.64 bits per heavy atom. The standard InChI is InChI=1S/C19H18FNO/c1-14(22)18-13-21(19-10-9-16(20)12-17(18)19)11-5-8-15-6-3-2-4-7-15/h2-4,6-7,9-10,12-13H,5,8,11H2,1H3. The van der Waals surface area contributed by atoms with Crippen molar-refractivity contribution in [1.82, 2.24) is 4.57 Å². The molecule has 0 saturated carbocycles. The molecule has 112 valence electrons. The minimum atomic E-state index is -0.308. The number of ketones is 1. The highest BCUT2D eigenvalue weighted by atomic mass is 19.1. The van der Waals surface area contributed by atoms with Crippen LogP contribution in [-0.4, -0.2) is 10.4 Å². The lowest BCUT2D eigenvalue weighted by atomic mass is 10.1. The maximum absolute atomic E-state index is 13.4. The molecule has 2 nitrogen and oxygen atoms in total. The monoisotopic (exact) mass is 295 g/mol. The highest BCUT2D eigenvalue weighted by Gasteiger charge is 2.12. The van der Waals surface area contributed by atoms with E-state index in [4.69, 9.17) is 0 Å². The number of fused-ring (bicyclic) bond motifs is 1. The highest BCUT2D eigenvalue weighted by molar-refractivity contribution is 6.06. The Morgan fingerprint density at radius 2 is 1.91 bits per heavy atom. The van der Waals surface area contributed by atoms with Gasteiger partial charge in [0, 0.05) is 29.2 Å². The molecule has 0 bridgehead atoms. The second kappa shape index (κ2) is 6.14. The molecule has 0 N–H and O–H groups in total. The minimum absolute atomic E-state index is 0.0302. The first-order valence-electron chi connectivity index (χ1n) is 7.48. The van der Waals surface area contributed by atoms with Gasteiger partial charge in [-0.25, -0.2) is 4.39 Å². The van der Waals surface area contributed by atoms with Crippen LogP contribution in [0.5, 0.6) is 0 Å². The van der Waals surface area contributed by atoms with Gasteiger partial charge in [-0.2, -0.15) is 0 Å². The van der Waals surface area contributed by atoms with Crippen molar-refractivity contribution in [3.05, 3.63) is 71.7 Å². The van der Waals surface area contributed by atoms with Crippen LogP contribution in [0.3, 0.4) is 0 Å². The topological polar surface area (TPSA) is 22.0 Å². The lowest BCUT2D eigenvalue weighted by Gasteiger charge is -2.05. The Morgan fingerprint density at radius 1 is 1.14 bits per heavy atom. The summed E-state index contributed by atoms with van der Waals surface area (Å²) in [5, 5.41) is 0.701. The van der Waals surface area contributed by atoms with Crippen LogP contribution in [0.15, 0.2) is 54.7 Å². The fraction of sp³-hybridized carbons (Fsp3) is 0.211. The summed E-state index contributed by atoms with van der Waals surface area (Å²) in [4.78, 5) is 11.7. The predicted octanol–water partition coefficient (Wildman–Crippen LogP) is 4.62. The summed E-state index contributed by atoms with van der Waals surface area (Å²) in [5.41, 5.74) is 2.81. The van der Waals surface area contributed by atoms with Crippen LogP contribution in [0.4, 0.5) is 4.39 Å². The van der Waals surface area contributed by atoms with Gasteiger partial charge in [0.2, 0.25) is 0 Å². The van der Waals surface area contributed by atoms with E-state index in [1.54, 1.807) is 6.07 Å². The molecule has 22 heavy (non-hydrogen) atoms. The van der Waals surface area contributed by atoms with Crippen molar-refractivity contribution in [3.63, 3.8) is 0 Å². The van der Waals surface area contributed by atoms with Crippen molar-refractivity contribution in [1.29, 1.82) is 0 Å². The van der Waals surface area contributed by atoms with Gasteiger partial charge >= 0.3 is 0 Å². The number of Topliss-reactive ketones (excluding diaryl/α,β-unsaturated/α-hetero) is 1. The van der Waals surface area contributed by atoms with Crippen LogP contribution in [0.25, 0.3) is 10.9 Å². The third-order valence-electron chi connectivity index (χ3n) is 3.93. The molecule has 1 heterocycles. The molecule has 0 amide bonds. The molecular formula is C19H18FNO. The van der Waals surface area contributed by atoms with Crippen molar-refractivity contribution in [2.45, 2.75) is 26.3 Å². The molecule has 1 aromatic heterocycles. The molecule has 3 heteroatoms. The predicted molar refractivity (Wildman–Crippen MR) is 86.7 cm³/mol. The summed E-state index contributed by atoms with van der Waals surface area (Å²) in [5.74, 6) is -0.338. The fourth-order valence-electron chi connectivity index (χ4n) is 2.83. The molecule has 0 fully saturated rings. The third kappa shape index (κ3) is 2.93. The Bertz CT molecular complexity index is 805. The van der Waals surface area contributed by atoms with Gasteiger partial charge in [0.15, 0.2) is 5.78 Å². The molecule has 0 unspecified atom stereocenters. The maximum atomic E-state index is 13.4. The SMILES string of the molecule is CC(=O)c1cn(CCCc2ccccc2)c2ccc(F)cc12. The number of benzene rings is 2. The summed E-state index contributed by atoms with van der Waals surface area (Å²) in [6.07, 6.45) is 3.80. The average Bonchev–Trinajstić information content (AvgIpc) is 2.86. The van der Waals surface area contributed by atoms with Crippen LogP contribution in [0.1, 0.15) is 29.3 Å². The van der Waals surface area contributed by atoms with E-state index >= 15 is 0 Å².